The van der Waals surface area contributed by atoms with Crippen molar-refractivity contribution in [1.29, 1.82) is 0 Å². The van der Waals surface area contributed by atoms with Crippen LogP contribution in [0.2, 0.25) is 0 Å². The molecule has 1 amide bonds. The molecule has 2 rings (SSSR count). The summed E-state index contributed by atoms with van der Waals surface area (Å²) in [7, 11) is 0. The number of piperazine rings is 1. The summed E-state index contributed by atoms with van der Waals surface area (Å²) in [5.41, 5.74) is 0. The van der Waals surface area contributed by atoms with E-state index in [1.165, 1.54) is 0 Å². The summed E-state index contributed by atoms with van der Waals surface area (Å²) in [6, 6.07) is 9.79. The van der Waals surface area contributed by atoms with Crippen molar-refractivity contribution in [2.75, 3.05) is 26.2 Å². The predicted molar refractivity (Wildman–Crippen MR) is 66.0 cm³/mol. The monoisotopic (exact) mass is 234 g/mol. The maximum Gasteiger partial charge on any atom is 0.260 e. The van der Waals surface area contributed by atoms with Gasteiger partial charge in [-0.1, -0.05) is 18.2 Å². The van der Waals surface area contributed by atoms with Gasteiger partial charge in [-0.05, 0) is 19.1 Å². The van der Waals surface area contributed by atoms with Crippen molar-refractivity contribution in [2.24, 2.45) is 0 Å². The number of benzene rings is 1. The molecule has 1 aromatic carbocycles. The van der Waals surface area contributed by atoms with Gasteiger partial charge in [-0.15, -0.1) is 0 Å². The van der Waals surface area contributed by atoms with Gasteiger partial charge in [-0.3, -0.25) is 4.79 Å². The van der Waals surface area contributed by atoms with Crippen molar-refractivity contribution in [3.05, 3.63) is 30.3 Å². The van der Waals surface area contributed by atoms with Gasteiger partial charge in [0.1, 0.15) is 5.75 Å². The zero-order chi connectivity index (χ0) is 12.1. The predicted octanol–water partition coefficient (Wildman–Crippen LogP) is 0.886. The summed E-state index contributed by atoms with van der Waals surface area (Å²) >= 11 is 0. The number of rotatable bonds is 3. The lowest BCUT2D eigenvalue weighted by atomic mass is 10.2. The fraction of sp³-hybridized carbons (Fsp3) is 0.462. The minimum atomic E-state index is 0.0576. The molecular weight excluding hydrogens is 216 g/mol. The molecule has 4 heteroatoms. The maximum absolute atomic E-state index is 11.9. The van der Waals surface area contributed by atoms with E-state index >= 15 is 0 Å². The second-order valence-electron chi connectivity index (χ2n) is 4.30. The third-order valence-electron chi connectivity index (χ3n) is 2.83. The van der Waals surface area contributed by atoms with Crippen LogP contribution in [0, 0.1) is 0 Å². The number of amides is 1. The Kier molecular flexibility index (Phi) is 3.98. The van der Waals surface area contributed by atoms with Gasteiger partial charge in [0.2, 0.25) is 0 Å². The topological polar surface area (TPSA) is 41.6 Å². The van der Waals surface area contributed by atoms with Gasteiger partial charge in [-0.25, -0.2) is 0 Å². The number of carbonyl (C=O) groups excluding carboxylic acids is 1. The normalized spacial score (nSPS) is 20.1. The van der Waals surface area contributed by atoms with Gasteiger partial charge in [0.15, 0.2) is 6.61 Å². The van der Waals surface area contributed by atoms with Crippen LogP contribution in [0.15, 0.2) is 30.3 Å². The average molecular weight is 234 g/mol. The molecule has 1 atom stereocenters. The summed E-state index contributed by atoms with van der Waals surface area (Å²) in [5, 5.41) is 3.31. The zero-order valence-electron chi connectivity index (χ0n) is 10.1. The highest BCUT2D eigenvalue weighted by Crippen LogP contribution is 2.08. The Morgan fingerprint density at radius 2 is 2.24 bits per heavy atom. The largest absolute Gasteiger partial charge is 0.484 e. The third-order valence-corrected chi connectivity index (χ3v) is 2.83. The van der Waals surface area contributed by atoms with Crippen molar-refractivity contribution < 1.29 is 9.53 Å². The van der Waals surface area contributed by atoms with Gasteiger partial charge < -0.3 is 15.0 Å². The first kappa shape index (κ1) is 11.9. The number of nitrogens with one attached hydrogen (secondary N) is 1. The zero-order valence-corrected chi connectivity index (χ0v) is 10.1. The lowest BCUT2D eigenvalue weighted by Gasteiger charge is -2.31. The maximum atomic E-state index is 11.9. The Hall–Kier alpha value is -1.55. The molecule has 0 aliphatic carbocycles. The Morgan fingerprint density at radius 3 is 2.94 bits per heavy atom. The minimum Gasteiger partial charge on any atom is -0.484 e. The van der Waals surface area contributed by atoms with E-state index in [0.717, 1.165) is 25.4 Å². The van der Waals surface area contributed by atoms with Crippen molar-refractivity contribution in [1.82, 2.24) is 10.2 Å². The summed E-state index contributed by atoms with van der Waals surface area (Å²) in [4.78, 5) is 13.7. The molecule has 0 spiro atoms. The van der Waals surface area contributed by atoms with Gasteiger partial charge in [0.25, 0.3) is 5.91 Å². The van der Waals surface area contributed by atoms with E-state index in [1.54, 1.807) is 0 Å². The molecule has 0 radical (unpaired) electrons. The highest BCUT2D eigenvalue weighted by atomic mass is 16.5. The van der Waals surface area contributed by atoms with Crippen LogP contribution in [-0.4, -0.2) is 43.1 Å². The van der Waals surface area contributed by atoms with E-state index < -0.39 is 0 Å². The smallest absolute Gasteiger partial charge is 0.260 e. The summed E-state index contributed by atoms with van der Waals surface area (Å²) in [5.74, 6) is 0.797. The van der Waals surface area contributed by atoms with Crippen molar-refractivity contribution in [3.63, 3.8) is 0 Å². The highest BCUT2D eigenvalue weighted by Gasteiger charge is 2.20. The van der Waals surface area contributed by atoms with Gasteiger partial charge in [0.05, 0.1) is 0 Å². The average Bonchev–Trinajstić information content (AvgIpc) is 2.37. The molecule has 1 N–H and O–H groups in total. The first-order chi connectivity index (χ1) is 8.25. The van der Waals surface area contributed by atoms with E-state index in [0.29, 0.717) is 6.04 Å². The van der Waals surface area contributed by atoms with Crippen molar-refractivity contribution in [2.45, 2.75) is 13.0 Å². The number of ether oxygens (including phenoxy) is 1. The van der Waals surface area contributed by atoms with Crippen LogP contribution in [-0.2, 0) is 4.79 Å². The molecule has 0 aromatic heterocycles. The molecule has 1 saturated heterocycles. The minimum absolute atomic E-state index is 0.0576. The molecule has 1 fully saturated rings. The molecule has 1 heterocycles. The van der Waals surface area contributed by atoms with E-state index in [9.17, 15) is 4.79 Å². The number of para-hydroxylation sites is 1. The van der Waals surface area contributed by atoms with Crippen LogP contribution in [0.3, 0.4) is 0 Å². The molecule has 4 nitrogen and oxygen atoms in total. The van der Waals surface area contributed by atoms with E-state index in [-0.39, 0.29) is 12.5 Å². The second kappa shape index (κ2) is 5.68. The molecule has 1 aromatic rings. The Labute approximate surface area is 102 Å². The van der Waals surface area contributed by atoms with Crippen LogP contribution in [0.25, 0.3) is 0 Å². The first-order valence-corrected chi connectivity index (χ1v) is 5.95. The van der Waals surface area contributed by atoms with Gasteiger partial charge in [-0.2, -0.15) is 0 Å². The molecule has 17 heavy (non-hydrogen) atoms. The number of carbonyl (C=O) groups is 1. The van der Waals surface area contributed by atoms with E-state index in [4.69, 9.17) is 4.74 Å². The van der Waals surface area contributed by atoms with Crippen LogP contribution in [0.4, 0.5) is 0 Å². The van der Waals surface area contributed by atoms with Gasteiger partial charge >= 0.3 is 0 Å². The Bertz CT molecular complexity index is 367. The van der Waals surface area contributed by atoms with Crippen LogP contribution >= 0.6 is 0 Å². The van der Waals surface area contributed by atoms with Gasteiger partial charge in [0, 0.05) is 25.7 Å². The summed E-state index contributed by atoms with van der Waals surface area (Å²) in [6.07, 6.45) is 0. The molecular formula is C13H18N2O2. The second-order valence-corrected chi connectivity index (χ2v) is 4.30. The van der Waals surface area contributed by atoms with E-state index in [2.05, 4.69) is 12.2 Å². The van der Waals surface area contributed by atoms with E-state index in [1.807, 2.05) is 35.2 Å². The number of nitrogens with zero attached hydrogens (tertiary/aromatic N) is 1. The van der Waals surface area contributed by atoms with Crippen LogP contribution < -0.4 is 10.1 Å². The van der Waals surface area contributed by atoms with Crippen LogP contribution in [0.1, 0.15) is 6.92 Å². The number of hydrogen-bond donors (Lipinski definition) is 1. The van der Waals surface area contributed by atoms with Crippen molar-refractivity contribution in [3.8, 4) is 5.75 Å². The third kappa shape index (κ3) is 3.46. The lowest BCUT2D eigenvalue weighted by Crippen LogP contribution is -2.52. The molecule has 0 saturated carbocycles. The first-order valence-electron chi connectivity index (χ1n) is 5.95. The fourth-order valence-corrected chi connectivity index (χ4v) is 1.91. The fourth-order valence-electron chi connectivity index (χ4n) is 1.91. The number of hydrogen-bond acceptors (Lipinski definition) is 3. The molecule has 1 aliphatic rings. The SMILES string of the molecule is CC1CN(C(=O)COc2ccccc2)CCN1. The Morgan fingerprint density at radius 1 is 1.47 bits per heavy atom. The summed E-state index contributed by atoms with van der Waals surface area (Å²) < 4.78 is 5.44. The molecule has 0 bridgehead atoms. The standard InChI is InChI=1S/C13H18N2O2/c1-11-9-15(8-7-14-11)13(16)10-17-12-5-3-2-4-6-12/h2-6,11,14H,7-10H2,1H3. The molecule has 1 aliphatic heterocycles. The van der Waals surface area contributed by atoms with Crippen LogP contribution in [0.5, 0.6) is 5.75 Å². The lowest BCUT2D eigenvalue weighted by molar-refractivity contribution is -0.134. The molecule has 92 valence electrons. The van der Waals surface area contributed by atoms with Crippen molar-refractivity contribution >= 4 is 5.91 Å². The summed E-state index contributed by atoms with van der Waals surface area (Å²) in [6.45, 7) is 4.59. The quantitative estimate of drug-likeness (QED) is 0.844. The Balaban J connectivity index is 1.81. The highest BCUT2D eigenvalue weighted by molar-refractivity contribution is 5.77. The molecule has 1 unspecified atom stereocenters.